The highest BCUT2D eigenvalue weighted by atomic mass is 16.5. The molecule has 0 aliphatic carbocycles. The first kappa shape index (κ1) is 13.8. The van der Waals surface area contributed by atoms with Crippen molar-refractivity contribution in [2.75, 3.05) is 13.2 Å². The van der Waals surface area contributed by atoms with E-state index in [-0.39, 0.29) is 0 Å². The minimum absolute atomic E-state index is 0.299. The predicted octanol–water partition coefficient (Wildman–Crippen LogP) is 0.838. The van der Waals surface area contributed by atoms with Gasteiger partial charge in [-0.15, -0.1) is 0 Å². The zero-order valence-corrected chi connectivity index (χ0v) is 10.1. The monoisotopic (exact) mass is 252 g/mol. The lowest BCUT2D eigenvalue weighted by Gasteiger charge is -2.11. The Hall–Kier alpha value is -2.24. The van der Waals surface area contributed by atoms with Crippen molar-refractivity contribution in [3.63, 3.8) is 0 Å². The Bertz CT molecular complexity index is 394. The molecule has 0 spiro atoms. The lowest BCUT2D eigenvalue weighted by Crippen LogP contribution is -2.45. The van der Waals surface area contributed by atoms with Crippen molar-refractivity contribution in [3.05, 3.63) is 30.3 Å². The van der Waals surface area contributed by atoms with Crippen LogP contribution in [0.3, 0.4) is 0 Å². The summed E-state index contributed by atoms with van der Waals surface area (Å²) in [4.78, 5) is 21.7. The third kappa shape index (κ3) is 5.20. The van der Waals surface area contributed by atoms with Crippen molar-refractivity contribution < 1.29 is 19.4 Å². The number of hydrogen-bond donors (Lipinski definition) is 3. The van der Waals surface area contributed by atoms with E-state index < -0.39 is 18.0 Å². The summed E-state index contributed by atoms with van der Waals surface area (Å²) in [5.41, 5.74) is 0. The molecule has 1 aromatic rings. The normalized spacial score (nSPS) is 11.4. The topological polar surface area (TPSA) is 87.7 Å². The first-order valence-electron chi connectivity index (χ1n) is 5.54. The predicted molar refractivity (Wildman–Crippen MR) is 65.6 cm³/mol. The maximum Gasteiger partial charge on any atom is 0.325 e. The van der Waals surface area contributed by atoms with Gasteiger partial charge < -0.3 is 20.5 Å². The van der Waals surface area contributed by atoms with Crippen LogP contribution in [0.4, 0.5) is 4.79 Å². The molecule has 98 valence electrons. The lowest BCUT2D eigenvalue weighted by atomic mass is 10.3. The van der Waals surface area contributed by atoms with Gasteiger partial charge in [0, 0.05) is 0 Å². The average molecular weight is 252 g/mol. The van der Waals surface area contributed by atoms with E-state index >= 15 is 0 Å². The number of hydrogen-bond acceptors (Lipinski definition) is 3. The van der Waals surface area contributed by atoms with Crippen LogP contribution < -0.4 is 15.4 Å². The van der Waals surface area contributed by atoms with E-state index in [2.05, 4.69) is 10.6 Å². The maximum atomic E-state index is 11.2. The molecular formula is C12H16N2O4. The summed E-state index contributed by atoms with van der Waals surface area (Å²) in [6.45, 7) is 2.01. The number of carboxylic acid groups (broad SMARTS) is 1. The second-order valence-corrected chi connectivity index (χ2v) is 3.62. The van der Waals surface area contributed by atoms with E-state index in [0.29, 0.717) is 13.2 Å². The van der Waals surface area contributed by atoms with E-state index in [1.54, 1.807) is 0 Å². The molecule has 0 saturated carbocycles. The van der Waals surface area contributed by atoms with Gasteiger partial charge in [-0.1, -0.05) is 18.2 Å². The fourth-order valence-corrected chi connectivity index (χ4v) is 1.16. The Morgan fingerprint density at radius 1 is 1.33 bits per heavy atom. The Morgan fingerprint density at radius 3 is 2.61 bits per heavy atom. The molecular weight excluding hydrogens is 236 g/mol. The van der Waals surface area contributed by atoms with Gasteiger partial charge in [-0.25, -0.2) is 4.79 Å². The number of ether oxygens (including phenoxy) is 1. The quantitative estimate of drug-likeness (QED) is 0.655. The van der Waals surface area contributed by atoms with Crippen molar-refractivity contribution in [2.24, 2.45) is 0 Å². The van der Waals surface area contributed by atoms with Crippen LogP contribution in [0.2, 0.25) is 0 Å². The Labute approximate surface area is 105 Å². The molecule has 1 aromatic carbocycles. The van der Waals surface area contributed by atoms with Gasteiger partial charge in [-0.3, -0.25) is 4.79 Å². The highest BCUT2D eigenvalue weighted by Gasteiger charge is 2.12. The molecule has 0 heterocycles. The molecule has 0 aliphatic heterocycles. The molecule has 0 bridgehead atoms. The van der Waals surface area contributed by atoms with Crippen LogP contribution >= 0.6 is 0 Å². The Kier molecular flexibility index (Phi) is 5.50. The van der Waals surface area contributed by atoms with E-state index in [4.69, 9.17) is 9.84 Å². The van der Waals surface area contributed by atoms with Crippen LogP contribution in [0.1, 0.15) is 6.92 Å². The van der Waals surface area contributed by atoms with Gasteiger partial charge in [-0.05, 0) is 19.1 Å². The summed E-state index contributed by atoms with van der Waals surface area (Å²) < 4.78 is 5.35. The highest BCUT2D eigenvalue weighted by Crippen LogP contribution is 2.07. The Morgan fingerprint density at radius 2 is 2.00 bits per heavy atom. The van der Waals surface area contributed by atoms with Crippen LogP contribution in [0, 0.1) is 0 Å². The zero-order chi connectivity index (χ0) is 13.4. The average Bonchev–Trinajstić information content (AvgIpc) is 2.35. The second-order valence-electron chi connectivity index (χ2n) is 3.62. The van der Waals surface area contributed by atoms with Crippen molar-refractivity contribution in [3.8, 4) is 5.75 Å². The van der Waals surface area contributed by atoms with E-state index in [1.807, 2.05) is 30.3 Å². The fraction of sp³-hybridized carbons (Fsp3) is 0.333. The lowest BCUT2D eigenvalue weighted by molar-refractivity contribution is -0.138. The molecule has 0 aromatic heterocycles. The van der Waals surface area contributed by atoms with E-state index in [9.17, 15) is 9.59 Å². The molecule has 0 radical (unpaired) electrons. The number of amides is 2. The van der Waals surface area contributed by atoms with Crippen LogP contribution in [-0.2, 0) is 4.79 Å². The summed E-state index contributed by atoms with van der Waals surface area (Å²) in [6, 6.07) is 7.76. The van der Waals surface area contributed by atoms with Crippen LogP contribution in [0.25, 0.3) is 0 Å². The van der Waals surface area contributed by atoms with Gasteiger partial charge >= 0.3 is 12.0 Å². The summed E-state index contributed by atoms with van der Waals surface area (Å²) in [7, 11) is 0. The molecule has 1 unspecified atom stereocenters. The number of carbonyl (C=O) groups excluding carboxylic acids is 1. The van der Waals surface area contributed by atoms with Crippen LogP contribution in [0.5, 0.6) is 5.75 Å². The summed E-state index contributed by atoms with van der Waals surface area (Å²) >= 11 is 0. The van der Waals surface area contributed by atoms with Gasteiger partial charge in [0.1, 0.15) is 18.4 Å². The van der Waals surface area contributed by atoms with Gasteiger partial charge in [0.15, 0.2) is 0 Å². The zero-order valence-electron chi connectivity index (χ0n) is 10.1. The number of rotatable bonds is 6. The summed E-state index contributed by atoms with van der Waals surface area (Å²) in [6.07, 6.45) is 0. The molecule has 18 heavy (non-hydrogen) atoms. The van der Waals surface area contributed by atoms with E-state index in [0.717, 1.165) is 5.75 Å². The summed E-state index contributed by atoms with van der Waals surface area (Å²) in [5, 5.41) is 13.4. The number of aliphatic carboxylic acids is 1. The van der Waals surface area contributed by atoms with Crippen molar-refractivity contribution >= 4 is 12.0 Å². The smallest absolute Gasteiger partial charge is 0.325 e. The largest absolute Gasteiger partial charge is 0.492 e. The molecule has 3 N–H and O–H groups in total. The fourth-order valence-electron chi connectivity index (χ4n) is 1.16. The first-order valence-corrected chi connectivity index (χ1v) is 5.54. The minimum Gasteiger partial charge on any atom is -0.492 e. The third-order valence-electron chi connectivity index (χ3n) is 2.12. The third-order valence-corrected chi connectivity index (χ3v) is 2.12. The van der Waals surface area contributed by atoms with Crippen molar-refractivity contribution in [2.45, 2.75) is 13.0 Å². The number of urea groups is 1. The molecule has 0 fully saturated rings. The van der Waals surface area contributed by atoms with Gasteiger partial charge in [0.05, 0.1) is 6.54 Å². The maximum absolute atomic E-state index is 11.2. The molecule has 6 nitrogen and oxygen atoms in total. The van der Waals surface area contributed by atoms with Crippen molar-refractivity contribution in [1.29, 1.82) is 0 Å². The van der Waals surface area contributed by atoms with Crippen LogP contribution in [0.15, 0.2) is 30.3 Å². The number of carbonyl (C=O) groups is 2. The molecule has 0 saturated heterocycles. The van der Waals surface area contributed by atoms with Gasteiger partial charge in [0.25, 0.3) is 0 Å². The molecule has 1 rings (SSSR count). The number of carboxylic acids is 1. The number of benzene rings is 1. The van der Waals surface area contributed by atoms with Crippen molar-refractivity contribution in [1.82, 2.24) is 10.6 Å². The van der Waals surface area contributed by atoms with Gasteiger partial charge in [-0.2, -0.15) is 0 Å². The van der Waals surface area contributed by atoms with Gasteiger partial charge in [0.2, 0.25) is 0 Å². The van der Waals surface area contributed by atoms with E-state index in [1.165, 1.54) is 6.92 Å². The molecule has 0 aliphatic rings. The number of para-hydroxylation sites is 1. The highest BCUT2D eigenvalue weighted by molar-refractivity contribution is 5.82. The minimum atomic E-state index is -1.08. The molecule has 6 heteroatoms. The number of nitrogens with one attached hydrogen (secondary N) is 2. The summed E-state index contributed by atoms with van der Waals surface area (Å²) in [5.74, 6) is -0.357. The SMILES string of the molecule is CC(NC(=O)NCCOc1ccccc1)C(=O)O. The van der Waals surface area contributed by atoms with Crippen LogP contribution in [-0.4, -0.2) is 36.3 Å². The molecule has 1 atom stereocenters. The molecule has 2 amide bonds. The second kappa shape index (κ2) is 7.16. The standard InChI is InChI=1S/C12H16N2O4/c1-9(11(15)16)14-12(17)13-7-8-18-10-5-3-2-4-6-10/h2-6,9H,7-8H2,1H3,(H,15,16)(H2,13,14,17). The Balaban J connectivity index is 2.14. The first-order chi connectivity index (χ1) is 8.59.